The first-order valence-electron chi connectivity index (χ1n) is 7.25. The van der Waals surface area contributed by atoms with Crippen LogP contribution in [-0.4, -0.2) is 19.0 Å². The molecule has 3 heteroatoms. The molecule has 0 radical (unpaired) electrons. The van der Waals surface area contributed by atoms with Crippen molar-refractivity contribution in [3.05, 3.63) is 0 Å². The topological polar surface area (TPSA) is 55.1 Å². The minimum atomic E-state index is 0.257. The summed E-state index contributed by atoms with van der Waals surface area (Å²) < 4.78 is 0. The third-order valence-electron chi connectivity index (χ3n) is 3.86. The minimum Gasteiger partial charge on any atom is -0.356 e. The van der Waals surface area contributed by atoms with Crippen LogP contribution in [0, 0.1) is 11.8 Å². The van der Waals surface area contributed by atoms with Crippen LogP contribution in [0.2, 0.25) is 0 Å². The van der Waals surface area contributed by atoms with Gasteiger partial charge in [0.25, 0.3) is 0 Å². The monoisotopic (exact) mass is 240 g/mol. The lowest BCUT2D eigenvalue weighted by molar-refractivity contribution is -0.126. The highest BCUT2D eigenvalue weighted by Crippen LogP contribution is 2.31. The van der Waals surface area contributed by atoms with Gasteiger partial charge < -0.3 is 11.1 Å². The maximum absolute atomic E-state index is 11.8. The third kappa shape index (κ3) is 5.53. The van der Waals surface area contributed by atoms with Crippen molar-refractivity contribution in [2.24, 2.45) is 17.6 Å². The molecular formula is C14H28N2O. The minimum absolute atomic E-state index is 0.257. The largest absolute Gasteiger partial charge is 0.356 e. The molecule has 0 heterocycles. The number of carbonyl (C=O) groups excluding carboxylic acids is 1. The number of carbonyl (C=O) groups is 1. The Morgan fingerprint density at radius 3 is 2.53 bits per heavy atom. The van der Waals surface area contributed by atoms with Crippen LogP contribution in [0.15, 0.2) is 0 Å². The van der Waals surface area contributed by atoms with Gasteiger partial charge in [-0.1, -0.05) is 26.2 Å². The quantitative estimate of drug-likeness (QED) is 0.672. The van der Waals surface area contributed by atoms with E-state index >= 15 is 0 Å². The molecule has 17 heavy (non-hydrogen) atoms. The highest BCUT2D eigenvalue weighted by atomic mass is 16.1. The summed E-state index contributed by atoms with van der Waals surface area (Å²) in [5.74, 6) is 1.40. The van der Waals surface area contributed by atoms with Gasteiger partial charge in [-0.05, 0) is 44.6 Å². The zero-order chi connectivity index (χ0) is 12.5. The van der Waals surface area contributed by atoms with Crippen LogP contribution in [0.1, 0.15) is 58.3 Å². The van der Waals surface area contributed by atoms with Gasteiger partial charge in [-0.2, -0.15) is 0 Å². The third-order valence-corrected chi connectivity index (χ3v) is 3.86. The fourth-order valence-electron chi connectivity index (χ4n) is 2.66. The molecule has 0 atom stereocenters. The van der Waals surface area contributed by atoms with Crippen LogP contribution in [0.25, 0.3) is 0 Å². The van der Waals surface area contributed by atoms with Crippen LogP contribution < -0.4 is 11.1 Å². The van der Waals surface area contributed by atoms with E-state index in [1.807, 2.05) is 0 Å². The zero-order valence-electron chi connectivity index (χ0n) is 11.2. The van der Waals surface area contributed by atoms with Crippen LogP contribution >= 0.6 is 0 Å². The van der Waals surface area contributed by atoms with Gasteiger partial charge in [-0.15, -0.1) is 0 Å². The summed E-state index contributed by atoms with van der Waals surface area (Å²) in [6.07, 6.45) is 9.54. The molecule has 1 fully saturated rings. The highest BCUT2D eigenvalue weighted by Gasteiger charge is 2.25. The fraction of sp³-hybridized carbons (Fsp3) is 0.929. The highest BCUT2D eigenvalue weighted by molar-refractivity contribution is 5.78. The molecule has 0 spiro atoms. The fourth-order valence-corrected chi connectivity index (χ4v) is 2.66. The van der Waals surface area contributed by atoms with Gasteiger partial charge >= 0.3 is 0 Å². The van der Waals surface area contributed by atoms with E-state index in [1.54, 1.807) is 0 Å². The van der Waals surface area contributed by atoms with Gasteiger partial charge in [0.15, 0.2) is 0 Å². The molecule has 3 N–H and O–H groups in total. The molecule has 1 aliphatic carbocycles. The second kappa shape index (κ2) is 8.51. The summed E-state index contributed by atoms with van der Waals surface area (Å²) in [6, 6.07) is 0. The summed E-state index contributed by atoms with van der Waals surface area (Å²) >= 11 is 0. The van der Waals surface area contributed by atoms with Crippen molar-refractivity contribution in [3.63, 3.8) is 0 Å². The van der Waals surface area contributed by atoms with E-state index in [-0.39, 0.29) is 11.8 Å². The van der Waals surface area contributed by atoms with Crippen LogP contribution in [0.5, 0.6) is 0 Å². The Bertz CT molecular complexity index is 210. The first-order chi connectivity index (χ1) is 8.27. The van der Waals surface area contributed by atoms with Gasteiger partial charge in [0.1, 0.15) is 0 Å². The summed E-state index contributed by atoms with van der Waals surface area (Å²) in [4.78, 5) is 11.8. The van der Waals surface area contributed by atoms with Crippen molar-refractivity contribution in [1.29, 1.82) is 0 Å². The molecule has 1 amide bonds. The normalized spacial score (nSPS) is 24.6. The average Bonchev–Trinajstić information content (AvgIpc) is 2.37. The first-order valence-corrected chi connectivity index (χ1v) is 7.25. The lowest BCUT2D eigenvalue weighted by Gasteiger charge is -2.27. The van der Waals surface area contributed by atoms with Crippen molar-refractivity contribution in [2.75, 3.05) is 13.1 Å². The van der Waals surface area contributed by atoms with Crippen LogP contribution in [-0.2, 0) is 4.79 Å². The lowest BCUT2D eigenvalue weighted by atomic mass is 9.79. The van der Waals surface area contributed by atoms with Crippen molar-refractivity contribution < 1.29 is 4.79 Å². The van der Waals surface area contributed by atoms with Crippen molar-refractivity contribution in [3.8, 4) is 0 Å². The molecule has 1 saturated carbocycles. The summed E-state index contributed by atoms with van der Waals surface area (Å²) in [5.41, 5.74) is 5.41. The maximum Gasteiger partial charge on any atom is 0.223 e. The Kier molecular flexibility index (Phi) is 7.25. The second-order valence-electron chi connectivity index (χ2n) is 5.29. The van der Waals surface area contributed by atoms with Crippen molar-refractivity contribution in [2.45, 2.75) is 58.3 Å². The lowest BCUT2D eigenvalue weighted by Crippen LogP contribution is -2.34. The standard InChI is InChI=1S/C14H28N2O/c1-2-3-5-12-6-8-13(9-7-12)14(17)16-11-4-10-15/h12-13H,2-11,15H2,1H3,(H,16,17). The summed E-state index contributed by atoms with van der Waals surface area (Å²) in [6.45, 7) is 3.64. The van der Waals surface area contributed by atoms with E-state index in [0.717, 1.165) is 31.7 Å². The number of rotatable bonds is 7. The van der Waals surface area contributed by atoms with Crippen molar-refractivity contribution >= 4 is 5.91 Å². The smallest absolute Gasteiger partial charge is 0.223 e. The molecular weight excluding hydrogens is 212 g/mol. The predicted octanol–water partition coefficient (Wildman–Crippen LogP) is 2.45. The number of unbranched alkanes of at least 4 members (excludes halogenated alkanes) is 1. The van der Waals surface area contributed by atoms with E-state index < -0.39 is 0 Å². The average molecular weight is 240 g/mol. The zero-order valence-corrected chi connectivity index (χ0v) is 11.2. The molecule has 0 aromatic carbocycles. The Labute approximate surface area is 106 Å². The predicted molar refractivity (Wildman–Crippen MR) is 71.7 cm³/mol. The van der Waals surface area contributed by atoms with E-state index in [4.69, 9.17) is 5.73 Å². The van der Waals surface area contributed by atoms with Crippen LogP contribution in [0.4, 0.5) is 0 Å². The number of hydrogen-bond acceptors (Lipinski definition) is 2. The maximum atomic E-state index is 11.8. The summed E-state index contributed by atoms with van der Waals surface area (Å²) in [5, 5.41) is 2.99. The molecule has 0 saturated heterocycles. The number of amides is 1. The Balaban J connectivity index is 2.15. The van der Waals surface area contributed by atoms with Gasteiger partial charge in [-0.3, -0.25) is 4.79 Å². The molecule has 1 rings (SSSR count). The van der Waals surface area contributed by atoms with Crippen molar-refractivity contribution in [1.82, 2.24) is 5.32 Å². The number of nitrogens with two attached hydrogens (primary N) is 1. The molecule has 100 valence electrons. The van der Waals surface area contributed by atoms with E-state index in [2.05, 4.69) is 12.2 Å². The van der Waals surface area contributed by atoms with Gasteiger partial charge in [0, 0.05) is 12.5 Å². The summed E-state index contributed by atoms with van der Waals surface area (Å²) in [7, 11) is 0. The van der Waals surface area contributed by atoms with Gasteiger partial charge in [0.2, 0.25) is 5.91 Å². The molecule has 3 nitrogen and oxygen atoms in total. The number of nitrogens with one attached hydrogen (secondary N) is 1. The first kappa shape index (κ1) is 14.5. The van der Waals surface area contributed by atoms with Gasteiger partial charge in [0.05, 0.1) is 0 Å². The Morgan fingerprint density at radius 2 is 1.94 bits per heavy atom. The van der Waals surface area contributed by atoms with E-state index in [1.165, 1.54) is 32.1 Å². The molecule has 0 unspecified atom stereocenters. The van der Waals surface area contributed by atoms with E-state index in [0.29, 0.717) is 6.54 Å². The molecule has 0 aromatic heterocycles. The molecule has 0 aliphatic heterocycles. The number of hydrogen-bond donors (Lipinski definition) is 2. The molecule has 0 aromatic rings. The second-order valence-corrected chi connectivity index (χ2v) is 5.29. The Morgan fingerprint density at radius 1 is 1.24 bits per heavy atom. The van der Waals surface area contributed by atoms with E-state index in [9.17, 15) is 4.79 Å². The molecule has 1 aliphatic rings. The molecule has 0 bridgehead atoms. The van der Waals surface area contributed by atoms with Gasteiger partial charge in [-0.25, -0.2) is 0 Å². The van der Waals surface area contributed by atoms with Crippen LogP contribution in [0.3, 0.4) is 0 Å². The Hall–Kier alpha value is -0.570. The SMILES string of the molecule is CCCCC1CCC(C(=O)NCCCN)CC1.